The standard InChI is InChI=1S/C34H40N4O4/c1-23-19-29(30(34(41)42)20-24(23)2)32(39)36-31-21-26(35-22-25-9-5-3-6-10-25)13-14-28(31)33(40)38-17-15-37(16-18-38)27-11-7-4-8-12-27/h3-14,21,23-24,29-30,35H,15-20,22H2,1-2H3,(H,36,39)(H,41,42). The first kappa shape index (κ1) is 29.2. The predicted molar refractivity (Wildman–Crippen MR) is 166 cm³/mol. The first-order chi connectivity index (χ1) is 20.3. The van der Waals surface area contributed by atoms with Crippen LogP contribution in [0, 0.1) is 23.7 Å². The number of carbonyl (C=O) groups is 3. The van der Waals surface area contributed by atoms with Crippen LogP contribution in [0.3, 0.4) is 0 Å². The fourth-order valence-electron chi connectivity index (χ4n) is 6.10. The van der Waals surface area contributed by atoms with Gasteiger partial charge in [-0.15, -0.1) is 0 Å². The minimum atomic E-state index is -0.945. The Morgan fingerprint density at radius 2 is 1.43 bits per heavy atom. The number of aliphatic carboxylic acids is 1. The Labute approximate surface area is 247 Å². The van der Waals surface area contributed by atoms with E-state index in [0.717, 1.165) is 16.9 Å². The third-order valence-electron chi connectivity index (χ3n) is 8.90. The van der Waals surface area contributed by atoms with E-state index in [-0.39, 0.29) is 23.7 Å². The third kappa shape index (κ3) is 6.75. The first-order valence-corrected chi connectivity index (χ1v) is 14.8. The molecule has 42 heavy (non-hydrogen) atoms. The number of carboxylic acids is 1. The summed E-state index contributed by atoms with van der Waals surface area (Å²) in [5.74, 6) is -2.38. The number of hydrogen-bond donors (Lipinski definition) is 3. The van der Waals surface area contributed by atoms with Gasteiger partial charge in [0.15, 0.2) is 0 Å². The van der Waals surface area contributed by atoms with Gasteiger partial charge in [0.05, 0.1) is 23.1 Å². The summed E-state index contributed by atoms with van der Waals surface area (Å²) in [6.07, 6.45) is 0.964. The van der Waals surface area contributed by atoms with Crippen molar-refractivity contribution < 1.29 is 19.5 Å². The Morgan fingerprint density at radius 1 is 0.810 bits per heavy atom. The van der Waals surface area contributed by atoms with Crippen LogP contribution in [0.15, 0.2) is 78.9 Å². The SMILES string of the molecule is CC1CC(C(=O)O)C(C(=O)Nc2cc(NCc3ccccc3)ccc2C(=O)N2CCN(c3ccccc3)CC2)CC1C. The molecule has 3 aromatic rings. The van der Waals surface area contributed by atoms with Crippen LogP contribution in [0.5, 0.6) is 0 Å². The normalized spacial score (nSPS) is 22.3. The highest BCUT2D eigenvalue weighted by Crippen LogP contribution is 2.39. The van der Waals surface area contributed by atoms with Gasteiger partial charge < -0.3 is 25.5 Å². The summed E-state index contributed by atoms with van der Waals surface area (Å²) in [5, 5.41) is 16.3. The smallest absolute Gasteiger partial charge is 0.307 e. The van der Waals surface area contributed by atoms with Crippen molar-refractivity contribution in [2.45, 2.75) is 33.2 Å². The second kappa shape index (κ2) is 13.1. The Bertz CT molecular complexity index is 1390. The lowest BCUT2D eigenvalue weighted by Crippen LogP contribution is -2.49. The molecule has 0 bridgehead atoms. The molecule has 1 saturated heterocycles. The van der Waals surface area contributed by atoms with Gasteiger partial charge in [0.25, 0.3) is 5.91 Å². The highest BCUT2D eigenvalue weighted by molar-refractivity contribution is 6.05. The molecule has 4 atom stereocenters. The number of rotatable bonds is 8. The quantitative estimate of drug-likeness (QED) is 0.328. The molecule has 3 aromatic carbocycles. The van der Waals surface area contributed by atoms with Crippen LogP contribution in [0.4, 0.5) is 17.1 Å². The number of nitrogens with zero attached hydrogens (tertiary/aromatic N) is 2. The summed E-state index contributed by atoms with van der Waals surface area (Å²) in [6.45, 7) is 7.26. The predicted octanol–water partition coefficient (Wildman–Crippen LogP) is 5.58. The molecular formula is C34H40N4O4. The van der Waals surface area contributed by atoms with Crippen molar-refractivity contribution in [3.63, 3.8) is 0 Å². The minimum Gasteiger partial charge on any atom is -0.481 e. The van der Waals surface area contributed by atoms with Gasteiger partial charge in [-0.3, -0.25) is 14.4 Å². The monoisotopic (exact) mass is 568 g/mol. The van der Waals surface area contributed by atoms with Crippen molar-refractivity contribution in [3.05, 3.63) is 90.0 Å². The van der Waals surface area contributed by atoms with E-state index in [1.54, 1.807) is 12.1 Å². The van der Waals surface area contributed by atoms with Gasteiger partial charge in [0.2, 0.25) is 5.91 Å². The second-order valence-electron chi connectivity index (χ2n) is 11.7. The molecule has 8 nitrogen and oxygen atoms in total. The molecule has 2 aliphatic rings. The average Bonchev–Trinajstić information content (AvgIpc) is 3.02. The molecule has 220 valence electrons. The largest absolute Gasteiger partial charge is 0.481 e. The summed E-state index contributed by atoms with van der Waals surface area (Å²) in [6, 6.07) is 25.5. The lowest BCUT2D eigenvalue weighted by molar-refractivity contribution is -0.149. The van der Waals surface area contributed by atoms with Crippen LogP contribution in [0.25, 0.3) is 0 Å². The summed E-state index contributed by atoms with van der Waals surface area (Å²) < 4.78 is 0. The van der Waals surface area contributed by atoms with Gasteiger partial charge in [-0.25, -0.2) is 0 Å². The number of hydrogen-bond acceptors (Lipinski definition) is 5. The number of anilines is 3. The van der Waals surface area contributed by atoms with Crippen molar-refractivity contribution >= 4 is 34.8 Å². The Morgan fingerprint density at radius 3 is 2.07 bits per heavy atom. The Hall–Kier alpha value is -4.33. The molecule has 1 aliphatic heterocycles. The fourth-order valence-corrected chi connectivity index (χ4v) is 6.10. The average molecular weight is 569 g/mol. The van der Waals surface area contributed by atoms with Gasteiger partial charge in [-0.05, 0) is 60.6 Å². The molecule has 4 unspecified atom stereocenters. The van der Waals surface area contributed by atoms with E-state index in [1.165, 1.54) is 0 Å². The molecule has 8 heteroatoms. The van der Waals surface area contributed by atoms with E-state index in [4.69, 9.17) is 0 Å². The zero-order valence-electron chi connectivity index (χ0n) is 24.3. The van der Waals surface area contributed by atoms with E-state index >= 15 is 0 Å². The van der Waals surface area contributed by atoms with Gasteiger partial charge in [-0.2, -0.15) is 0 Å². The second-order valence-corrected chi connectivity index (χ2v) is 11.7. The maximum absolute atomic E-state index is 13.8. The molecule has 2 amide bonds. The van der Waals surface area contributed by atoms with Gasteiger partial charge in [0.1, 0.15) is 0 Å². The molecular weight excluding hydrogens is 528 g/mol. The van der Waals surface area contributed by atoms with Crippen molar-refractivity contribution in [3.8, 4) is 0 Å². The van der Waals surface area contributed by atoms with E-state index < -0.39 is 17.8 Å². The zero-order valence-corrected chi connectivity index (χ0v) is 24.3. The van der Waals surface area contributed by atoms with Gasteiger partial charge >= 0.3 is 5.97 Å². The van der Waals surface area contributed by atoms with Crippen molar-refractivity contribution in [1.29, 1.82) is 0 Å². The number of carboxylic acid groups (broad SMARTS) is 1. The van der Waals surface area contributed by atoms with Crippen LogP contribution >= 0.6 is 0 Å². The molecule has 1 aliphatic carbocycles. The summed E-state index contributed by atoms with van der Waals surface area (Å²) in [7, 11) is 0. The first-order valence-electron chi connectivity index (χ1n) is 14.8. The van der Waals surface area contributed by atoms with Crippen LogP contribution in [-0.2, 0) is 16.1 Å². The van der Waals surface area contributed by atoms with E-state index in [1.807, 2.05) is 66.4 Å². The third-order valence-corrected chi connectivity index (χ3v) is 8.90. The van der Waals surface area contributed by atoms with Crippen LogP contribution in [0.2, 0.25) is 0 Å². The lowest BCUT2D eigenvalue weighted by atomic mass is 9.69. The van der Waals surface area contributed by atoms with Crippen molar-refractivity contribution in [1.82, 2.24) is 4.90 Å². The number of nitrogens with one attached hydrogen (secondary N) is 2. The number of amides is 2. The Balaban J connectivity index is 1.36. The molecule has 3 N–H and O–H groups in total. The minimum absolute atomic E-state index is 0.145. The number of para-hydroxylation sites is 1. The topological polar surface area (TPSA) is 102 Å². The van der Waals surface area contributed by atoms with Crippen LogP contribution in [-0.4, -0.2) is 54.0 Å². The van der Waals surface area contributed by atoms with E-state index in [9.17, 15) is 19.5 Å². The summed E-state index contributed by atoms with van der Waals surface area (Å²) >= 11 is 0. The Kier molecular flexibility index (Phi) is 9.10. The summed E-state index contributed by atoms with van der Waals surface area (Å²) in [5.41, 5.74) is 3.82. The molecule has 0 radical (unpaired) electrons. The maximum Gasteiger partial charge on any atom is 0.307 e. The van der Waals surface area contributed by atoms with Crippen LogP contribution < -0.4 is 15.5 Å². The van der Waals surface area contributed by atoms with E-state index in [2.05, 4.69) is 34.6 Å². The number of piperazine rings is 1. The molecule has 1 heterocycles. The number of benzene rings is 3. The molecule has 1 saturated carbocycles. The van der Waals surface area contributed by atoms with Gasteiger partial charge in [0, 0.05) is 44.1 Å². The molecule has 2 fully saturated rings. The van der Waals surface area contributed by atoms with Crippen molar-refractivity contribution in [2.24, 2.45) is 23.7 Å². The molecule has 0 spiro atoms. The molecule has 5 rings (SSSR count). The number of carbonyl (C=O) groups excluding carboxylic acids is 2. The van der Waals surface area contributed by atoms with Crippen LogP contribution in [0.1, 0.15) is 42.6 Å². The molecule has 0 aromatic heterocycles. The fraction of sp³-hybridized carbons (Fsp3) is 0.382. The van der Waals surface area contributed by atoms with E-state index in [0.29, 0.717) is 56.8 Å². The van der Waals surface area contributed by atoms with Gasteiger partial charge in [-0.1, -0.05) is 62.4 Å². The lowest BCUT2D eigenvalue weighted by Gasteiger charge is -2.37. The highest BCUT2D eigenvalue weighted by atomic mass is 16.4. The van der Waals surface area contributed by atoms with Crippen molar-refractivity contribution in [2.75, 3.05) is 41.7 Å². The highest BCUT2D eigenvalue weighted by Gasteiger charge is 2.41. The maximum atomic E-state index is 13.8. The summed E-state index contributed by atoms with van der Waals surface area (Å²) in [4.78, 5) is 43.7. The zero-order chi connectivity index (χ0) is 29.6.